The van der Waals surface area contributed by atoms with E-state index in [-0.39, 0.29) is 36.4 Å². The molecule has 6 aromatic rings. The minimum atomic E-state index is -1.31. The van der Waals surface area contributed by atoms with Crippen molar-refractivity contribution in [1.82, 2.24) is 20.4 Å². The molecule has 69 heavy (non-hydrogen) atoms. The third kappa shape index (κ3) is 8.64. The van der Waals surface area contributed by atoms with Crippen molar-refractivity contribution >= 4 is 96.3 Å². The maximum atomic E-state index is 14.9. The first-order chi connectivity index (χ1) is 33.0. The number of imide groups is 2. The van der Waals surface area contributed by atoms with Crippen molar-refractivity contribution in [2.24, 2.45) is 0 Å². The van der Waals surface area contributed by atoms with Gasteiger partial charge in [0.25, 0.3) is 23.6 Å². The fourth-order valence-electron chi connectivity index (χ4n) is 10.2. The first-order valence-electron chi connectivity index (χ1n) is 23.8. The molecule has 2 heterocycles. The number of carboxylic acids is 1. The number of nitrogens with one attached hydrogen (secondary N) is 2. The summed E-state index contributed by atoms with van der Waals surface area (Å²) in [5.41, 5.74) is 1.02. The van der Waals surface area contributed by atoms with Gasteiger partial charge in [-0.05, 0) is 87.1 Å². The van der Waals surface area contributed by atoms with Crippen molar-refractivity contribution in [1.29, 1.82) is 0 Å². The van der Waals surface area contributed by atoms with Gasteiger partial charge in [0.1, 0.15) is 23.4 Å². The summed E-state index contributed by atoms with van der Waals surface area (Å²) in [6.45, 7) is 15.3. The number of carbonyl (C=O) groups is 7. The van der Waals surface area contributed by atoms with E-state index >= 15 is 0 Å². The number of amides is 6. The summed E-state index contributed by atoms with van der Waals surface area (Å²) in [6.07, 6.45) is 2.18. The van der Waals surface area contributed by atoms with Crippen LogP contribution in [-0.4, -0.2) is 105 Å². The Kier molecular flexibility index (Phi) is 13.8. The molecule has 8 rings (SSSR count). The van der Waals surface area contributed by atoms with Crippen LogP contribution in [0.4, 0.5) is 0 Å². The van der Waals surface area contributed by atoms with Crippen molar-refractivity contribution < 1.29 is 48.1 Å². The first-order valence-corrected chi connectivity index (χ1v) is 24.8. The number of carboxylic acid groups (broad SMARTS) is 1. The average molecular weight is 955 g/mol. The Balaban J connectivity index is 1.40. The molecule has 0 fully saturated rings. The number of fused-ring (bicyclic) bond motifs is 2. The van der Waals surface area contributed by atoms with Crippen LogP contribution < -0.4 is 15.4 Å². The fourth-order valence-corrected chi connectivity index (χ4v) is 11.3. The topological polar surface area (TPSA) is 189 Å². The van der Waals surface area contributed by atoms with Gasteiger partial charge in [-0.1, -0.05) is 70.2 Å². The molecular formula is C54H58N4O10S. The highest BCUT2D eigenvalue weighted by Gasteiger charge is 2.42. The van der Waals surface area contributed by atoms with Crippen LogP contribution in [0.25, 0.3) is 43.1 Å². The molecule has 0 radical (unpaired) electrons. The molecular weight excluding hydrogens is 897 g/mol. The second kappa shape index (κ2) is 19.4. The minimum Gasteiger partial charge on any atom is -0.485 e. The van der Waals surface area contributed by atoms with Crippen LogP contribution in [0.15, 0.2) is 71.6 Å². The second-order valence-corrected chi connectivity index (χ2v) is 19.5. The summed E-state index contributed by atoms with van der Waals surface area (Å²) in [6, 6.07) is 16.2. The summed E-state index contributed by atoms with van der Waals surface area (Å²) in [4.78, 5) is 102. The zero-order chi connectivity index (χ0) is 49.6. The van der Waals surface area contributed by atoms with Crippen LogP contribution in [0.5, 0.6) is 5.75 Å². The number of ether oxygens (including phenoxy) is 2. The van der Waals surface area contributed by atoms with Gasteiger partial charge in [-0.3, -0.25) is 38.6 Å². The van der Waals surface area contributed by atoms with Crippen molar-refractivity contribution in [2.75, 3.05) is 19.0 Å². The number of thioether (sulfide) groups is 1. The molecule has 0 saturated carbocycles. The van der Waals surface area contributed by atoms with E-state index in [0.717, 1.165) is 0 Å². The van der Waals surface area contributed by atoms with Crippen LogP contribution in [0, 0.1) is 0 Å². The Labute approximate surface area is 404 Å². The van der Waals surface area contributed by atoms with E-state index < -0.39 is 59.1 Å². The predicted molar refractivity (Wildman–Crippen MR) is 267 cm³/mol. The molecule has 0 bridgehead atoms. The summed E-state index contributed by atoms with van der Waals surface area (Å²) < 4.78 is 12.8. The largest absolute Gasteiger partial charge is 0.485 e. The zero-order valence-corrected chi connectivity index (χ0v) is 41.1. The van der Waals surface area contributed by atoms with Crippen LogP contribution in [0.2, 0.25) is 0 Å². The van der Waals surface area contributed by atoms with Gasteiger partial charge in [-0.25, -0.2) is 4.79 Å². The van der Waals surface area contributed by atoms with E-state index in [1.807, 2.05) is 60.6 Å². The molecule has 2 aliphatic rings. The van der Waals surface area contributed by atoms with Crippen LogP contribution in [0.1, 0.15) is 128 Å². The molecule has 2 unspecified atom stereocenters. The van der Waals surface area contributed by atoms with Crippen molar-refractivity contribution in [3.8, 4) is 5.75 Å². The standard InChI is InChI=1S/C54H58N4O10S/c1-9-30(10-2)57-49(61)34-22-20-33-45-41(69-26-39(55-28(6)59)48(60)56-38(53(65)66)23-29-17-15-14-16-18-29)25-37-43-35(50(62)58(52(37)64)31(11-3)12-4)21-19-32(47(43)45)44-40(68-54(7,8)27-67-13-5)24-36(51(57)63)42(34)46(33)44/h14-22,24-25,30-31,38-39H,9-13,23,26-27H2,1-8H3,(H,55,59)(H,56,60)(H,65,66). The van der Waals surface area contributed by atoms with Crippen molar-refractivity contribution in [3.63, 3.8) is 0 Å². The van der Waals surface area contributed by atoms with Gasteiger partial charge in [0.2, 0.25) is 11.8 Å². The van der Waals surface area contributed by atoms with Gasteiger partial charge in [0.05, 0.1) is 12.2 Å². The zero-order valence-electron chi connectivity index (χ0n) is 40.2. The van der Waals surface area contributed by atoms with Crippen molar-refractivity contribution in [2.45, 2.75) is 122 Å². The lowest BCUT2D eigenvalue weighted by Crippen LogP contribution is -2.53. The lowest BCUT2D eigenvalue weighted by molar-refractivity contribution is -0.142. The Morgan fingerprint density at radius 2 is 1.17 bits per heavy atom. The number of hydrogen-bond donors (Lipinski definition) is 3. The summed E-state index contributed by atoms with van der Waals surface area (Å²) in [5, 5.41) is 19.9. The number of nitrogens with zero attached hydrogens (tertiary/aromatic N) is 2. The Morgan fingerprint density at radius 1 is 0.652 bits per heavy atom. The lowest BCUT2D eigenvalue weighted by Gasteiger charge is -2.36. The molecule has 14 nitrogen and oxygen atoms in total. The van der Waals surface area contributed by atoms with Crippen LogP contribution in [0.3, 0.4) is 0 Å². The SMILES string of the molecule is CCOCC(C)(C)Oc1cc2c3c(ccc4c5c(SCC(NC(C)=O)C(=O)NC(Cc6ccccc6)C(=O)O)cc6c7c(ccc(c1c34)c75)C(=O)N(C(CC)CC)C6=O)C(=O)N(C(CC)CC)C2=O. The van der Waals surface area contributed by atoms with Gasteiger partial charge in [0, 0.05) is 91.7 Å². The molecule has 6 aromatic carbocycles. The third-order valence-corrected chi connectivity index (χ3v) is 14.6. The number of aliphatic carboxylic acids is 1. The van der Waals surface area contributed by atoms with Gasteiger partial charge >= 0.3 is 5.97 Å². The van der Waals surface area contributed by atoms with E-state index in [2.05, 4.69) is 10.6 Å². The number of benzene rings is 6. The molecule has 6 amide bonds. The minimum absolute atomic E-state index is 0.00119. The molecule has 360 valence electrons. The van der Waals surface area contributed by atoms with E-state index in [0.29, 0.717) is 108 Å². The fraction of sp³-hybridized carbons (Fsp3) is 0.389. The van der Waals surface area contributed by atoms with E-state index in [9.17, 15) is 38.7 Å². The molecule has 2 atom stereocenters. The Bertz CT molecular complexity index is 3070. The van der Waals surface area contributed by atoms with Crippen LogP contribution in [-0.2, 0) is 25.5 Å². The maximum Gasteiger partial charge on any atom is 0.326 e. The summed E-state index contributed by atoms with van der Waals surface area (Å²) in [7, 11) is 0. The van der Waals surface area contributed by atoms with E-state index in [1.54, 1.807) is 54.6 Å². The highest BCUT2D eigenvalue weighted by molar-refractivity contribution is 7.99. The van der Waals surface area contributed by atoms with Gasteiger partial charge < -0.3 is 25.2 Å². The number of rotatable bonds is 20. The summed E-state index contributed by atoms with van der Waals surface area (Å²) in [5.74, 6) is -4.00. The number of carbonyl (C=O) groups excluding carboxylic acids is 6. The van der Waals surface area contributed by atoms with Gasteiger partial charge in [-0.2, -0.15) is 0 Å². The monoisotopic (exact) mass is 954 g/mol. The molecule has 0 saturated heterocycles. The quantitative estimate of drug-likeness (QED) is 0.0287. The summed E-state index contributed by atoms with van der Waals surface area (Å²) >= 11 is 1.18. The highest BCUT2D eigenvalue weighted by atomic mass is 32.2. The molecule has 0 spiro atoms. The van der Waals surface area contributed by atoms with Gasteiger partial charge in [-0.15, -0.1) is 11.8 Å². The van der Waals surface area contributed by atoms with E-state index in [1.165, 1.54) is 28.5 Å². The molecule has 0 aliphatic carbocycles. The average Bonchev–Trinajstić information content (AvgIpc) is 3.32. The molecule has 0 aromatic heterocycles. The first kappa shape index (κ1) is 48.9. The Hall–Kier alpha value is -6.58. The lowest BCUT2D eigenvalue weighted by atomic mass is 9.81. The molecule has 3 N–H and O–H groups in total. The second-order valence-electron chi connectivity index (χ2n) is 18.5. The smallest absolute Gasteiger partial charge is 0.326 e. The number of hydrogen-bond acceptors (Lipinski definition) is 10. The predicted octanol–water partition coefficient (Wildman–Crippen LogP) is 8.91. The van der Waals surface area contributed by atoms with Crippen LogP contribution >= 0.6 is 11.8 Å². The van der Waals surface area contributed by atoms with Crippen molar-refractivity contribution in [3.05, 3.63) is 94.5 Å². The third-order valence-electron chi connectivity index (χ3n) is 13.5. The van der Waals surface area contributed by atoms with E-state index in [4.69, 9.17) is 9.47 Å². The highest BCUT2D eigenvalue weighted by Crippen LogP contribution is 2.52. The maximum absolute atomic E-state index is 14.9. The molecule has 2 aliphatic heterocycles. The van der Waals surface area contributed by atoms with Gasteiger partial charge in [0.15, 0.2) is 0 Å². The normalized spacial score (nSPS) is 14.8. The molecule has 15 heteroatoms. The Morgan fingerprint density at radius 3 is 1.70 bits per heavy atom.